The van der Waals surface area contributed by atoms with Crippen molar-refractivity contribution < 1.29 is 19.7 Å². The molecule has 0 saturated carbocycles. The second kappa shape index (κ2) is 5.15. The van der Waals surface area contributed by atoms with E-state index in [0.717, 1.165) is 6.42 Å². The standard InChI is InChI=1S/C12H22O4/c1-8(2)9-4-5-10(13)12(3,16-9)7-6-11(14)15/h8-10,13H,4-7H2,1-3H3,(H,14,15)/t9?,10-,12+/m1/s1. The van der Waals surface area contributed by atoms with Gasteiger partial charge in [-0.05, 0) is 32.1 Å². The Morgan fingerprint density at radius 2 is 2.12 bits per heavy atom. The molecule has 1 rings (SSSR count). The lowest BCUT2D eigenvalue weighted by Gasteiger charge is -2.43. The van der Waals surface area contributed by atoms with E-state index in [4.69, 9.17) is 9.84 Å². The maximum Gasteiger partial charge on any atom is 0.303 e. The summed E-state index contributed by atoms with van der Waals surface area (Å²) in [6, 6.07) is 0. The molecule has 4 heteroatoms. The quantitative estimate of drug-likeness (QED) is 0.773. The van der Waals surface area contributed by atoms with Gasteiger partial charge in [-0.25, -0.2) is 0 Å². The Morgan fingerprint density at radius 1 is 1.50 bits per heavy atom. The van der Waals surface area contributed by atoms with Gasteiger partial charge < -0.3 is 14.9 Å². The molecule has 94 valence electrons. The van der Waals surface area contributed by atoms with Gasteiger partial charge in [-0.2, -0.15) is 0 Å². The highest BCUT2D eigenvalue weighted by Crippen LogP contribution is 2.35. The minimum Gasteiger partial charge on any atom is -0.481 e. The van der Waals surface area contributed by atoms with E-state index in [1.54, 1.807) is 0 Å². The molecule has 0 spiro atoms. The number of hydrogen-bond acceptors (Lipinski definition) is 3. The van der Waals surface area contributed by atoms with Gasteiger partial charge in [0.25, 0.3) is 0 Å². The average molecular weight is 230 g/mol. The van der Waals surface area contributed by atoms with Gasteiger partial charge in [-0.15, -0.1) is 0 Å². The lowest BCUT2D eigenvalue weighted by Crippen LogP contribution is -2.50. The normalized spacial score (nSPS) is 35.3. The van der Waals surface area contributed by atoms with Crippen LogP contribution in [0, 0.1) is 5.92 Å². The van der Waals surface area contributed by atoms with Crippen molar-refractivity contribution >= 4 is 5.97 Å². The Labute approximate surface area is 96.6 Å². The molecule has 1 unspecified atom stereocenters. The van der Waals surface area contributed by atoms with Gasteiger partial charge in [0.2, 0.25) is 0 Å². The number of carboxylic acids is 1. The number of aliphatic carboxylic acids is 1. The molecule has 1 fully saturated rings. The highest BCUT2D eigenvalue weighted by Gasteiger charge is 2.41. The van der Waals surface area contributed by atoms with E-state index < -0.39 is 17.7 Å². The summed E-state index contributed by atoms with van der Waals surface area (Å²) in [4.78, 5) is 10.6. The molecular weight excluding hydrogens is 208 g/mol. The number of carboxylic acid groups (broad SMARTS) is 1. The first-order chi connectivity index (χ1) is 7.35. The third-order valence-electron chi connectivity index (χ3n) is 3.43. The highest BCUT2D eigenvalue weighted by molar-refractivity contribution is 5.66. The Morgan fingerprint density at radius 3 is 2.62 bits per heavy atom. The van der Waals surface area contributed by atoms with Crippen molar-refractivity contribution in [2.75, 3.05) is 0 Å². The van der Waals surface area contributed by atoms with Crippen LogP contribution >= 0.6 is 0 Å². The first kappa shape index (κ1) is 13.5. The molecule has 1 saturated heterocycles. The summed E-state index contributed by atoms with van der Waals surface area (Å²) < 4.78 is 5.88. The summed E-state index contributed by atoms with van der Waals surface area (Å²) in [5.41, 5.74) is -0.703. The second-order valence-corrected chi connectivity index (χ2v) is 5.20. The summed E-state index contributed by atoms with van der Waals surface area (Å²) in [6.07, 6.45) is 1.52. The smallest absolute Gasteiger partial charge is 0.303 e. The first-order valence-corrected chi connectivity index (χ1v) is 5.93. The van der Waals surface area contributed by atoms with E-state index in [9.17, 15) is 9.90 Å². The topological polar surface area (TPSA) is 66.8 Å². The monoisotopic (exact) mass is 230 g/mol. The number of rotatable bonds is 4. The fourth-order valence-electron chi connectivity index (χ4n) is 2.16. The SMILES string of the molecule is CC(C)C1CC[C@@H](O)[C@](C)(CCC(=O)O)O1. The molecule has 3 atom stereocenters. The van der Waals surface area contributed by atoms with E-state index in [0.29, 0.717) is 18.8 Å². The van der Waals surface area contributed by atoms with Gasteiger partial charge in [0.05, 0.1) is 17.8 Å². The molecule has 0 radical (unpaired) electrons. The first-order valence-electron chi connectivity index (χ1n) is 5.93. The fraction of sp³-hybridized carbons (Fsp3) is 0.917. The van der Waals surface area contributed by atoms with Gasteiger partial charge in [0.15, 0.2) is 0 Å². The summed E-state index contributed by atoms with van der Waals surface area (Å²) >= 11 is 0. The number of hydrogen-bond donors (Lipinski definition) is 2. The predicted molar refractivity (Wildman–Crippen MR) is 60.2 cm³/mol. The van der Waals surface area contributed by atoms with Crippen LogP contribution in [0.2, 0.25) is 0 Å². The maximum absolute atomic E-state index is 10.6. The Balaban J connectivity index is 2.62. The molecule has 0 aromatic rings. The molecule has 1 aliphatic heterocycles. The zero-order chi connectivity index (χ0) is 12.3. The van der Waals surface area contributed by atoms with Crippen molar-refractivity contribution in [1.29, 1.82) is 0 Å². The third kappa shape index (κ3) is 3.19. The molecule has 0 amide bonds. The van der Waals surface area contributed by atoms with Crippen LogP contribution in [0.15, 0.2) is 0 Å². The van der Waals surface area contributed by atoms with Crippen LogP contribution in [0.25, 0.3) is 0 Å². The molecule has 1 heterocycles. The van der Waals surface area contributed by atoms with Crippen molar-refractivity contribution in [1.82, 2.24) is 0 Å². The van der Waals surface area contributed by atoms with Crippen LogP contribution in [-0.2, 0) is 9.53 Å². The van der Waals surface area contributed by atoms with Crippen molar-refractivity contribution in [2.45, 2.75) is 64.3 Å². The molecular formula is C12H22O4. The Hall–Kier alpha value is -0.610. The van der Waals surface area contributed by atoms with Crippen molar-refractivity contribution in [3.05, 3.63) is 0 Å². The van der Waals surface area contributed by atoms with Crippen LogP contribution in [0.4, 0.5) is 0 Å². The fourth-order valence-corrected chi connectivity index (χ4v) is 2.16. The van der Waals surface area contributed by atoms with E-state index >= 15 is 0 Å². The van der Waals surface area contributed by atoms with Crippen LogP contribution < -0.4 is 0 Å². The second-order valence-electron chi connectivity index (χ2n) is 5.20. The van der Waals surface area contributed by atoms with E-state index in [1.165, 1.54) is 0 Å². The zero-order valence-corrected chi connectivity index (χ0v) is 10.3. The highest BCUT2D eigenvalue weighted by atomic mass is 16.5. The minimum atomic E-state index is -0.844. The Kier molecular flexibility index (Phi) is 4.33. The lowest BCUT2D eigenvalue weighted by molar-refractivity contribution is -0.195. The van der Waals surface area contributed by atoms with Crippen molar-refractivity contribution in [3.8, 4) is 0 Å². The molecule has 0 aliphatic carbocycles. The number of ether oxygens (including phenoxy) is 1. The largest absolute Gasteiger partial charge is 0.481 e. The number of aliphatic hydroxyl groups is 1. The van der Waals surface area contributed by atoms with Gasteiger partial charge >= 0.3 is 5.97 Å². The van der Waals surface area contributed by atoms with Crippen LogP contribution in [0.1, 0.15) is 46.5 Å². The van der Waals surface area contributed by atoms with Crippen LogP contribution in [0.3, 0.4) is 0 Å². The molecule has 1 aliphatic rings. The maximum atomic E-state index is 10.6. The molecule has 16 heavy (non-hydrogen) atoms. The number of aliphatic hydroxyl groups excluding tert-OH is 1. The van der Waals surface area contributed by atoms with Crippen molar-refractivity contribution in [2.24, 2.45) is 5.92 Å². The Bertz CT molecular complexity index is 251. The van der Waals surface area contributed by atoms with E-state index in [2.05, 4.69) is 13.8 Å². The van der Waals surface area contributed by atoms with Crippen molar-refractivity contribution in [3.63, 3.8) is 0 Å². The minimum absolute atomic E-state index is 0.0401. The zero-order valence-electron chi connectivity index (χ0n) is 10.3. The number of carbonyl (C=O) groups is 1. The van der Waals surface area contributed by atoms with E-state index in [-0.39, 0.29) is 12.5 Å². The summed E-state index contributed by atoms with van der Waals surface area (Å²) in [7, 11) is 0. The van der Waals surface area contributed by atoms with Gasteiger partial charge in [-0.1, -0.05) is 13.8 Å². The summed E-state index contributed by atoms with van der Waals surface area (Å²) in [6.45, 7) is 5.98. The average Bonchev–Trinajstić information content (AvgIpc) is 2.19. The lowest BCUT2D eigenvalue weighted by atomic mass is 9.84. The molecule has 0 bridgehead atoms. The molecule has 0 aromatic heterocycles. The van der Waals surface area contributed by atoms with E-state index in [1.807, 2.05) is 6.92 Å². The molecule has 0 aromatic carbocycles. The van der Waals surface area contributed by atoms with Gasteiger partial charge in [0, 0.05) is 6.42 Å². The summed E-state index contributed by atoms with van der Waals surface area (Å²) in [5, 5.41) is 18.6. The molecule has 4 nitrogen and oxygen atoms in total. The van der Waals surface area contributed by atoms with Gasteiger partial charge in [-0.3, -0.25) is 4.79 Å². The van der Waals surface area contributed by atoms with Crippen LogP contribution in [-0.4, -0.2) is 34.0 Å². The van der Waals surface area contributed by atoms with Crippen LogP contribution in [0.5, 0.6) is 0 Å². The molecule has 2 N–H and O–H groups in total. The summed E-state index contributed by atoms with van der Waals surface area (Å²) in [5.74, 6) is -0.444. The third-order valence-corrected chi connectivity index (χ3v) is 3.43. The van der Waals surface area contributed by atoms with Gasteiger partial charge in [0.1, 0.15) is 0 Å². The predicted octanol–water partition coefficient (Wildman–Crippen LogP) is 1.81.